The molecule has 1 fully saturated rings. The predicted octanol–water partition coefficient (Wildman–Crippen LogP) is 3.86. The lowest BCUT2D eigenvalue weighted by Gasteiger charge is -2.49. The Balaban J connectivity index is 1.93. The molecule has 0 N–H and O–H groups in total. The zero-order valence-corrected chi connectivity index (χ0v) is 16.4. The van der Waals surface area contributed by atoms with Crippen LogP contribution in [0.15, 0.2) is 41.8 Å². The molecule has 0 unspecified atom stereocenters. The second kappa shape index (κ2) is 6.97. The lowest BCUT2D eigenvalue weighted by Crippen LogP contribution is -2.46. The number of aromatic nitrogens is 1. The van der Waals surface area contributed by atoms with E-state index < -0.39 is 5.97 Å². The average molecular weight is 379 g/mol. The first-order valence-corrected chi connectivity index (χ1v) is 9.78. The Bertz CT molecular complexity index is 1010. The summed E-state index contributed by atoms with van der Waals surface area (Å²) < 4.78 is 12.8. The van der Waals surface area contributed by atoms with E-state index in [-0.39, 0.29) is 23.1 Å². The smallest absolute Gasteiger partial charge is 0.343 e. The number of carbonyl (C=O) groups excluding carboxylic acids is 1. The van der Waals surface area contributed by atoms with E-state index in [1.807, 2.05) is 12.1 Å². The summed E-state index contributed by atoms with van der Waals surface area (Å²) in [5.74, 6) is 0.235. The molecule has 5 nitrogen and oxygen atoms in total. The van der Waals surface area contributed by atoms with Gasteiger partial charge in [0.05, 0.1) is 19.4 Å². The van der Waals surface area contributed by atoms with Gasteiger partial charge in [-0.1, -0.05) is 12.1 Å². The van der Waals surface area contributed by atoms with Crippen molar-refractivity contribution in [1.29, 1.82) is 0 Å². The molecule has 2 aromatic rings. The highest BCUT2D eigenvalue weighted by molar-refractivity contribution is 5.89. The van der Waals surface area contributed by atoms with Crippen LogP contribution in [0.3, 0.4) is 0 Å². The molecule has 1 spiro atoms. The minimum absolute atomic E-state index is 0.0721. The average Bonchev–Trinajstić information content (AvgIpc) is 2.65. The van der Waals surface area contributed by atoms with Crippen LogP contribution in [0, 0.1) is 0 Å². The highest BCUT2D eigenvalue weighted by Crippen LogP contribution is 2.49. The molecule has 0 amide bonds. The maximum Gasteiger partial charge on any atom is 0.343 e. The highest BCUT2D eigenvalue weighted by atomic mass is 16.5. The van der Waals surface area contributed by atoms with Crippen molar-refractivity contribution in [1.82, 2.24) is 4.57 Å². The molecule has 0 bridgehead atoms. The van der Waals surface area contributed by atoms with Gasteiger partial charge in [-0.25, -0.2) is 4.79 Å². The number of hydrogen-bond acceptors (Lipinski definition) is 4. The van der Waals surface area contributed by atoms with Crippen LogP contribution in [0.25, 0.3) is 11.3 Å². The monoisotopic (exact) mass is 379 g/mol. The Morgan fingerprint density at radius 1 is 1.32 bits per heavy atom. The first-order valence-electron chi connectivity index (χ1n) is 9.78. The highest BCUT2D eigenvalue weighted by Gasteiger charge is 2.43. The summed E-state index contributed by atoms with van der Waals surface area (Å²) in [5, 5.41) is 0. The van der Waals surface area contributed by atoms with Gasteiger partial charge in [0.2, 0.25) is 0 Å². The van der Waals surface area contributed by atoms with Crippen LogP contribution in [-0.2, 0) is 23.1 Å². The second-order valence-corrected chi connectivity index (χ2v) is 7.60. The molecule has 0 radical (unpaired) electrons. The van der Waals surface area contributed by atoms with E-state index in [2.05, 4.69) is 17.2 Å². The largest absolute Gasteiger partial charge is 0.496 e. The number of pyridine rings is 1. The molecule has 146 valence electrons. The molecule has 0 atom stereocenters. The van der Waals surface area contributed by atoms with Gasteiger partial charge >= 0.3 is 5.97 Å². The molecule has 1 aromatic carbocycles. The minimum Gasteiger partial charge on any atom is -0.496 e. The molecule has 4 rings (SSSR count). The molecule has 28 heavy (non-hydrogen) atoms. The van der Waals surface area contributed by atoms with Crippen molar-refractivity contribution in [2.24, 2.45) is 0 Å². The Morgan fingerprint density at radius 2 is 2.11 bits per heavy atom. The van der Waals surface area contributed by atoms with Crippen molar-refractivity contribution < 1.29 is 14.3 Å². The van der Waals surface area contributed by atoms with E-state index in [9.17, 15) is 9.59 Å². The van der Waals surface area contributed by atoms with Crippen molar-refractivity contribution in [2.75, 3.05) is 13.7 Å². The lowest BCUT2D eigenvalue weighted by molar-refractivity contribution is 0.0521. The van der Waals surface area contributed by atoms with Crippen molar-refractivity contribution in [3.63, 3.8) is 0 Å². The molecule has 1 aliphatic heterocycles. The number of allylic oxidation sites excluding steroid dienone is 1. The number of hydrogen-bond donors (Lipinski definition) is 0. The van der Waals surface area contributed by atoms with Gasteiger partial charge in [0.1, 0.15) is 11.3 Å². The van der Waals surface area contributed by atoms with E-state index in [4.69, 9.17) is 9.47 Å². The number of methoxy groups -OCH3 is 1. The van der Waals surface area contributed by atoms with Crippen molar-refractivity contribution in [2.45, 2.75) is 44.6 Å². The van der Waals surface area contributed by atoms with Crippen LogP contribution in [0.5, 0.6) is 5.75 Å². The number of ether oxygens (including phenoxy) is 2. The van der Waals surface area contributed by atoms with E-state index in [1.54, 1.807) is 26.3 Å². The molecule has 1 aliphatic carbocycles. The molecule has 1 saturated carbocycles. The van der Waals surface area contributed by atoms with Crippen molar-refractivity contribution in [3.05, 3.63) is 64.0 Å². The summed E-state index contributed by atoms with van der Waals surface area (Å²) in [6, 6.07) is 5.77. The Morgan fingerprint density at radius 3 is 2.71 bits per heavy atom. The summed E-state index contributed by atoms with van der Waals surface area (Å²) >= 11 is 0. The fraction of sp³-hybridized carbons (Fsp3) is 0.391. The number of nitrogens with zero attached hydrogens (tertiary/aromatic N) is 1. The third-order valence-corrected chi connectivity index (χ3v) is 6.01. The molecule has 2 heterocycles. The van der Waals surface area contributed by atoms with Crippen LogP contribution in [-0.4, -0.2) is 24.3 Å². The molecular formula is C23H25NO4. The zero-order chi connectivity index (χ0) is 19.9. The van der Waals surface area contributed by atoms with Gasteiger partial charge < -0.3 is 14.0 Å². The summed E-state index contributed by atoms with van der Waals surface area (Å²) in [6.07, 6.45) is 8.41. The maximum absolute atomic E-state index is 12.7. The molecule has 1 aromatic heterocycles. The van der Waals surface area contributed by atoms with E-state index in [0.717, 1.165) is 54.7 Å². The first kappa shape index (κ1) is 18.5. The molecular weight excluding hydrogens is 354 g/mol. The Kier molecular flexibility index (Phi) is 4.61. The topological polar surface area (TPSA) is 57.5 Å². The standard InChI is InChI=1S/C23H25NO4/c1-4-7-15-10-16-13-23(8-6-9-23)24-14-18(22(26)28-5-2)20(25)12-19(24)17(16)11-21(15)27-3/h4,10-12,14H,1,5-9,13H2,2-3H3. The number of benzene rings is 1. The first-order chi connectivity index (χ1) is 13.5. The summed E-state index contributed by atoms with van der Waals surface area (Å²) in [7, 11) is 1.65. The third kappa shape index (κ3) is 2.77. The van der Waals surface area contributed by atoms with Crippen LogP contribution in [0.4, 0.5) is 0 Å². The van der Waals surface area contributed by atoms with Gasteiger partial charge in [0.25, 0.3) is 0 Å². The lowest BCUT2D eigenvalue weighted by atomic mass is 9.69. The molecule has 0 saturated heterocycles. The SMILES string of the molecule is C=CCc1cc2c(cc1OC)-c1cc(=O)c(C(=O)OCC)cn1C1(CCC1)C2. The van der Waals surface area contributed by atoms with Gasteiger partial charge in [-0.2, -0.15) is 0 Å². The third-order valence-electron chi connectivity index (χ3n) is 6.01. The van der Waals surface area contributed by atoms with Crippen molar-refractivity contribution in [3.8, 4) is 17.0 Å². The van der Waals surface area contributed by atoms with E-state index in [1.165, 1.54) is 5.56 Å². The Hall–Kier alpha value is -2.82. The minimum atomic E-state index is -0.554. The normalized spacial score (nSPS) is 15.9. The maximum atomic E-state index is 12.7. The zero-order valence-electron chi connectivity index (χ0n) is 16.4. The molecule has 2 aliphatic rings. The fourth-order valence-corrected chi connectivity index (χ4v) is 4.50. The fourth-order valence-electron chi connectivity index (χ4n) is 4.50. The summed E-state index contributed by atoms with van der Waals surface area (Å²) in [4.78, 5) is 25.0. The number of rotatable bonds is 5. The van der Waals surface area contributed by atoms with Crippen LogP contribution >= 0.6 is 0 Å². The van der Waals surface area contributed by atoms with Crippen LogP contribution in [0.2, 0.25) is 0 Å². The van der Waals surface area contributed by atoms with Crippen molar-refractivity contribution >= 4 is 5.97 Å². The van der Waals surface area contributed by atoms with Gasteiger partial charge in [-0.3, -0.25) is 4.79 Å². The Labute approximate surface area is 164 Å². The van der Waals surface area contributed by atoms with Crippen LogP contribution in [0.1, 0.15) is 47.7 Å². The number of carbonyl (C=O) groups is 1. The predicted molar refractivity (Wildman–Crippen MR) is 108 cm³/mol. The summed E-state index contributed by atoms with van der Waals surface area (Å²) in [6.45, 7) is 5.83. The second-order valence-electron chi connectivity index (χ2n) is 7.60. The van der Waals surface area contributed by atoms with Gasteiger partial charge in [-0.15, -0.1) is 6.58 Å². The number of fused-ring (bicyclic) bond motifs is 4. The summed E-state index contributed by atoms with van der Waals surface area (Å²) in [5.41, 5.74) is 3.90. The van der Waals surface area contributed by atoms with Gasteiger partial charge in [0.15, 0.2) is 5.43 Å². The van der Waals surface area contributed by atoms with Crippen LogP contribution < -0.4 is 10.2 Å². The van der Waals surface area contributed by atoms with Gasteiger partial charge in [-0.05, 0) is 56.2 Å². The molecule has 5 heteroatoms. The quantitative estimate of drug-likeness (QED) is 0.585. The van der Waals surface area contributed by atoms with Gasteiger partial charge in [0, 0.05) is 23.4 Å². The van der Waals surface area contributed by atoms with E-state index >= 15 is 0 Å². The number of esters is 1. The van der Waals surface area contributed by atoms with E-state index in [0.29, 0.717) is 0 Å².